The van der Waals surface area contributed by atoms with Crippen LogP contribution in [0.4, 0.5) is 4.79 Å². The van der Waals surface area contributed by atoms with E-state index < -0.39 is 23.4 Å². The fourth-order valence-electron chi connectivity index (χ4n) is 3.48. The minimum absolute atomic E-state index is 0.0697. The van der Waals surface area contributed by atoms with Crippen molar-refractivity contribution in [1.29, 1.82) is 0 Å². The van der Waals surface area contributed by atoms with Crippen molar-refractivity contribution in [1.82, 2.24) is 15.7 Å². The van der Waals surface area contributed by atoms with Crippen LogP contribution in [0.5, 0.6) is 17.2 Å². The second kappa shape index (κ2) is 8.91. The smallest absolute Gasteiger partial charge is 0.328 e. The van der Waals surface area contributed by atoms with E-state index in [1.54, 1.807) is 24.3 Å². The molecule has 3 N–H and O–H groups in total. The SMILES string of the molecule is COCCC1(Oc2ccc(Oc3ccc4[nH][n+](C(C)C)cc4c3)cc2)C(=O)NC(=O)NC1=O. The van der Waals surface area contributed by atoms with Gasteiger partial charge in [-0.25, -0.2) is 4.79 Å². The Bertz CT molecular complexity index is 1180. The molecule has 2 heterocycles. The topological polar surface area (TPSA) is 123 Å². The molecule has 1 aromatic heterocycles. The molecule has 0 unspecified atom stereocenters. The minimum atomic E-state index is -1.92. The van der Waals surface area contributed by atoms with Gasteiger partial charge in [0, 0.05) is 13.5 Å². The van der Waals surface area contributed by atoms with Crippen LogP contribution in [0.1, 0.15) is 26.3 Å². The number of fused-ring (bicyclic) bond motifs is 1. The van der Waals surface area contributed by atoms with Crippen LogP contribution in [0.2, 0.25) is 0 Å². The summed E-state index contributed by atoms with van der Waals surface area (Å²) in [6, 6.07) is 11.7. The first-order chi connectivity index (χ1) is 15.8. The zero-order chi connectivity index (χ0) is 23.6. The molecule has 0 aliphatic carbocycles. The number of H-pyrrole nitrogens is 1. The molecule has 2 aromatic carbocycles. The highest BCUT2D eigenvalue weighted by Crippen LogP contribution is 2.29. The van der Waals surface area contributed by atoms with E-state index in [-0.39, 0.29) is 18.8 Å². The summed E-state index contributed by atoms with van der Waals surface area (Å²) in [6.45, 7) is 4.26. The van der Waals surface area contributed by atoms with Gasteiger partial charge in [-0.1, -0.05) is 0 Å². The first-order valence-corrected chi connectivity index (χ1v) is 10.5. The molecule has 3 aromatic rings. The van der Waals surface area contributed by atoms with Gasteiger partial charge in [0.05, 0.1) is 12.0 Å². The van der Waals surface area contributed by atoms with Crippen molar-refractivity contribution in [2.75, 3.05) is 13.7 Å². The van der Waals surface area contributed by atoms with Crippen LogP contribution < -0.4 is 24.8 Å². The average molecular weight is 453 g/mol. The number of nitrogens with zero attached hydrogens (tertiary/aromatic N) is 1. The normalized spacial score (nSPS) is 15.5. The van der Waals surface area contributed by atoms with Crippen molar-refractivity contribution in [3.05, 3.63) is 48.7 Å². The molecule has 0 saturated carbocycles. The van der Waals surface area contributed by atoms with Gasteiger partial charge < -0.3 is 14.2 Å². The van der Waals surface area contributed by atoms with Crippen LogP contribution in [0.25, 0.3) is 10.9 Å². The van der Waals surface area contributed by atoms with E-state index in [9.17, 15) is 14.4 Å². The second-order valence-electron chi connectivity index (χ2n) is 7.97. The number of carbonyl (C=O) groups excluding carboxylic acids is 3. The monoisotopic (exact) mass is 453 g/mol. The van der Waals surface area contributed by atoms with Crippen molar-refractivity contribution >= 4 is 28.7 Å². The van der Waals surface area contributed by atoms with Crippen LogP contribution in [0.15, 0.2) is 48.7 Å². The first-order valence-electron chi connectivity index (χ1n) is 10.5. The van der Waals surface area contributed by atoms with Crippen LogP contribution >= 0.6 is 0 Å². The van der Waals surface area contributed by atoms with Gasteiger partial charge in [0.1, 0.15) is 22.8 Å². The highest BCUT2D eigenvalue weighted by molar-refractivity contribution is 6.21. The lowest BCUT2D eigenvalue weighted by molar-refractivity contribution is -0.765. The Morgan fingerprint density at radius 2 is 1.58 bits per heavy atom. The van der Waals surface area contributed by atoms with Gasteiger partial charge in [0.15, 0.2) is 6.04 Å². The van der Waals surface area contributed by atoms with Crippen molar-refractivity contribution in [2.45, 2.75) is 31.9 Å². The number of amides is 4. The van der Waals surface area contributed by atoms with Crippen molar-refractivity contribution in [2.24, 2.45) is 0 Å². The molecule has 0 radical (unpaired) electrons. The van der Waals surface area contributed by atoms with Gasteiger partial charge in [-0.2, -0.15) is 5.10 Å². The number of rotatable bonds is 8. The average Bonchev–Trinajstić information content (AvgIpc) is 3.20. The van der Waals surface area contributed by atoms with Gasteiger partial charge in [-0.15, -0.1) is 4.68 Å². The number of barbiturate groups is 1. The number of carbonyl (C=O) groups is 3. The van der Waals surface area contributed by atoms with E-state index in [1.165, 1.54) is 7.11 Å². The summed E-state index contributed by atoms with van der Waals surface area (Å²) in [7, 11) is 1.44. The molecule has 10 nitrogen and oxygen atoms in total. The maximum Gasteiger partial charge on any atom is 0.328 e. The Morgan fingerprint density at radius 3 is 2.21 bits per heavy atom. The zero-order valence-corrected chi connectivity index (χ0v) is 18.5. The Hall–Kier alpha value is -3.92. The Balaban J connectivity index is 1.51. The maximum absolute atomic E-state index is 12.5. The molecular formula is C23H25N4O6+. The second-order valence-corrected chi connectivity index (χ2v) is 7.97. The van der Waals surface area contributed by atoms with Gasteiger partial charge in [-0.3, -0.25) is 20.2 Å². The lowest BCUT2D eigenvalue weighted by atomic mass is 9.95. The van der Waals surface area contributed by atoms with Crippen molar-refractivity contribution in [3.63, 3.8) is 0 Å². The van der Waals surface area contributed by atoms with E-state index in [2.05, 4.69) is 29.6 Å². The first kappa shape index (κ1) is 22.3. The summed E-state index contributed by atoms with van der Waals surface area (Å²) >= 11 is 0. The number of imide groups is 2. The number of nitrogens with one attached hydrogen (secondary N) is 3. The predicted molar refractivity (Wildman–Crippen MR) is 117 cm³/mol. The molecule has 1 aliphatic heterocycles. The highest BCUT2D eigenvalue weighted by atomic mass is 16.5. The Labute approximate surface area is 189 Å². The summed E-state index contributed by atoms with van der Waals surface area (Å²) in [4.78, 5) is 36.5. The summed E-state index contributed by atoms with van der Waals surface area (Å²) in [5.74, 6) is -0.212. The molecule has 0 atom stereocenters. The lowest BCUT2D eigenvalue weighted by Crippen LogP contribution is -2.69. The van der Waals surface area contributed by atoms with E-state index >= 15 is 0 Å². The Morgan fingerprint density at radius 1 is 0.939 bits per heavy atom. The highest BCUT2D eigenvalue weighted by Gasteiger charge is 2.52. The molecule has 172 valence electrons. The van der Waals surface area contributed by atoms with E-state index in [0.29, 0.717) is 17.5 Å². The lowest BCUT2D eigenvalue weighted by Gasteiger charge is -2.34. The number of aromatic amines is 1. The van der Waals surface area contributed by atoms with E-state index in [0.717, 1.165) is 10.9 Å². The Kier molecular flexibility index (Phi) is 6.01. The fraction of sp³-hybridized carbons (Fsp3) is 0.304. The number of benzene rings is 2. The minimum Gasteiger partial charge on any atom is -0.467 e. The van der Waals surface area contributed by atoms with Crippen LogP contribution in [0, 0.1) is 0 Å². The molecule has 4 rings (SSSR count). The maximum atomic E-state index is 12.5. The molecule has 33 heavy (non-hydrogen) atoms. The van der Waals surface area contributed by atoms with Gasteiger partial charge in [0.25, 0.3) is 17.4 Å². The third-order valence-corrected chi connectivity index (χ3v) is 5.30. The summed E-state index contributed by atoms with van der Waals surface area (Å²) in [6.07, 6.45) is 1.95. The van der Waals surface area contributed by atoms with Gasteiger partial charge in [0.2, 0.25) is 6.20 Å². The fourth-order valence-corrected chi connectivity index (χ4v) is 3.48. The molecule has 4 amide bonds. The number of hydrogen-bond donors (Lipinski definition) is 3. The molecule has 0 spiro atoms. The molecular weight excluding hydrogens is 428 g/mol. The summed E-state index contributed by atoms with van der Waals surface area (Å²) in [5.41, 5.74) is -0.916. The quantitative estimate of drug-likeness (QED) is 0.355. The van der Waals surface area contributed by atoms with Gasteiger partial charge >= 0.3 is 6.03 Å². The molecule has 0 bridgehead atoms. The third-order valence-electron chi connectivity index (χ3n) is 5.30. The van der Waals surface area contributed by atoms with E-state index in [4.69, 9.17) is 14.2 Å². The number of urea groups is 1. The summed E-state index contributed by atoms with van der Waals surface area (Å²) < 4.78 is 18.8. The summed E-state index contributed by atoms with van der Waals surface area (Å²) in [5, 5.41) is 8.48. The predicted octanol–water partition coefficient (Wildman–Crippen LogP) is 2.35. The van der Waals surface area contributed by atoms with Crippen molar-refractivity contribution in [3.8, 4) is 17.2 Å². The largest absolute Gasteiger partial charge is 0.467 e. The molecule has 1 fully saturated rings. The van der Waals surface area contributed by atoms with Crippen molar-refractivity contribution < 1.29 is 33.3 Å². The molecule has 10 heteroatoms. The number of methoxy groups -OCH3 is 1. The van der Waals surface area contributed by atoms with E-state index in [1.807, 2.05) is 29.1 Å². The van der Waals surface area contributed by atoms with Crippen LogP contribution in [0.3, 0.4) is 0 Å². The standard InChI is InChI=1S/C23H24N4O6/c1-14(2)27-13-15-12-18(8-9-19(15)26-27)32-16-4-6-17(7-5-16)33-23(10-11-31-3)20(28)24-22(30)25-21(23)29/h4-9,12-14H,10-11H2,1-3H3,(H2,24,25,28,29,30)/p+1. The number of aromatic nitrogens is 2. The van der Waals surface area contributed by atoms with Crippen LogP contribution in [-0.2, 0) is 14.3 Å². The number of ether oxygens (including phenoxy) is 3. The van der Waals surface area contributed by atoms with Crippen LogP contribution in [-0.4, -0.2) is 42.3 Å². The zero-order valence-electron chi connectivity index (χ0n) is 18.5. The van der Waals surface area contributed by atoms with Gasteiger partial charge in [-0.05, 0) is 56.3 Å². The number of hydrogen-bond acceptors (Lipinski definition) is 6. The molecule has 1 aliphatic rings. The molecule has 1 saturated heterocycles. The third kappa shape index (κ3) is 4.51.